The maximum absolute atomic E-state index is 14.8. The average molecular weight is 507 g/mol. The normalized spacial score (nSPS) is 14.8. The number of aromatic amines is 1. The zero-order chi connectivity index (χ0) is 25.8. The van der Waals surface area contributed by atoms with Crippen LogP contribution < -0.4 is 15.4 Å². The Balaban J connectivity index is 1.47. The van der Waals surface area contributed by atoms with Crippen LogP contribution in [0.2, 0.25) is 0 Å². The summed E-state index contributed by atoms with van der Waals surface area (Å²) in [7, 11) is 0. The fourth-order valence-corrected chi connectivity index (χ4v) is 4.20. The minimum atomic E-state index is -0.543. The smallest absolute Gasteiger partial charge is 0.319 e. The topological polar surface area (TPSA) is 134 Å². The van der Waals surface area contributed by atoms with Crippen molar-refractivity contribution in [3.63, 3.8) is 0 Å². The van der Waals surface area contributed by atoms with Crippen molar-refractivity contribution in [3.8, 4) is 28.3 Å². The van der Waals surface area contributed by atoms with E-state index < -0.39 is 11.8 Å². The number of anilines is 1. The second-order valence-electron chi connectivity index (χ2n) is 8.74. The Kier molecular flexibility index (Phi) is 7.24. The molecule has 0 saturated carbocycles. The molecule has 192 valence electrons. The van der Waals surface area contributed by atoms with Gasteiger partial charge in [0.1, 0.15) is 12.4 Å². The fourth-order valence-electron chi connectivity index (χ4n) is 4.20. The van der Waals surface area contributed by atoms with Gasteiger partial charge in [-0.05, 0) is 60.7 Å². The van der Waals surface area contributed by atoms with Crippen LogP contribution in [0.4, 0.5) is 14.9 Å². The van der Waals surface area contributed by atoms with Crippen LogP contribution in [0.3, 0.4) is 0 Å². The van der Waals surface area contributed by atoms with Crippen LogP contribution in [0.25, 0.3) is 33.4 Å². The number of fused-ring (bicyclic) bond motifs is 1. The van der Waals surface area contributed by atoms with Gasteiger partial charge in [0.2, 0.25) is 5.88 Å². The minimum absolute atomic E-state index is 0.0512. The van der Waals surface area contributed by atoms with Gasteiger partial charge >= 0.3 is 6.03 Å². The summed E-state index contributed by atoms with van der Waals surface area (Å²) < 4.78 is 25.8. The summed E-state index contributed by atoms with van der Waals surface area (Å²) in [6, 6.07) is 7.88. The number of aryl methyl sites for hydroxylation is 1. The lowest BCUT2D eigenvalue weighted by Gasteiger charge is -2.26. The van der Waals surface area contributed by atoms with Crippen molar-refractivity contribution in [1.82, 2.24) is 25.5 Å². The van der Waals surface area contributed by atoms with Crippen LogP contribution in [0.5, 0.6) is 5.88 Å². The van der Waals surface area contributed by atoms with E-state index in [-0.39, 0.29) is 25.0 Å². The number of hydrogen-bond acceptors (Lipinski definition) is 7. The highest BCUT2D eigenvalue weighted by atomic mass is 19.1. The van der Waals surface area contributed by atoms with Gasteiger partial charge in [0.15, 0.2) is 5.65 Å². The number of nitrogens with one attached hydrogen (secondary N) is 3. The van der Waals surface area contributed by atoms with Crippen LogP contribution in [-0.4, -0.2) is 63.8 Å². The molecule has 0 radical (unpaired) electrons. The number of rotatable bonds is 9. The molecule has 37 heavy (non-hydrogen) atoms. The minimum Gasteiger partial charge on any atom is -0.475 e. The number of H-pyrrole nitrogens is 1. The third kappa shape index (κ3) is 5.52. The van der Waals surface area contributed by atoms with Gasteiger partial charge in [-0.2, -0.15) is 5.10 Å². The molecule has 1 atom stereocenters. The summed E-state index contributed by atoms with van der Waals surface area (Å²) in [5, 5.41) is 22.3. The molecule has 2 amide bonds. The molecule has 0 bridgehead atoms. The molecular formula is C26H27FN6O4. The number of nitrogens with zero attached hydrogens (tertiary/aromatic N) is 3. The van der Waals surface area contributed by atoms with Crippen molar-refractivity contribution in [2.45, 2.75) is 25.9 Å². The van der Waals surface area contributed by atoms with E-state index in [0.717, 1.165) is 24.0 Å². The first-order valence-corrected chi connectivity index (χ1v) is 12.0. The lowest BCUT2D eigenvalue weighted by molar-refractivity contribution is -0.0535. The molecular weight excluding hydrogens is 479 g/mol. The summed E-state index contributed by atoms with van der Waals surface area (Å²) in [5.41, 5.74) is 4.09. The number of carbonyl (C=O) groups is 1. The molecule has 0 spiro atoms. The molecule has 1 fully saturated rings. The van der Waals surface area contributed by atoms with Gasteiger partial charge in [0.25, 0.3) is 0 Å². The van der Waals surface area contributed by atoms with E-state index >= 15 is 0 Å². The molecule has 0 unspecified atom stereocenters. The van der Waals surface area contributed by atoms with Crippen LogP contribution in [0.1, 0.15) is 18.4 Å². The maximum Gasteiger partial charge on any atom is 0.319 e. The molecule has 1 aliphatic rings. The lowest BCUT2D eigenvalue weighted by Crippen LogP contribution is -2.35. The lowest BCUT2D eigenvalue weighted by atomic mass is 9.98. The number of benzene rings is 1. The number of amides is 2. The highest BCUT2D eigenvalue weighted by Gasteiger charge is 2.19. The third-order valence-corrected chi connectivity index (χ3v) is 6.19. The number of aromatic nitrogens is 4. The van der Waals surface area contributed by atoms with Gasteiger partial charge < -0.3 is 25.2 Å². The van der Waals surface area contributed by atoms with E-state index in [1.54, 1.807) is 31.5 Å². The number of urea groups is 1. The predicted molar refractivity (Wildman–Crippen MR) is 136 cm³/mol. The number of ether oxygens (including phenoxy) is 2. The molecule has 10 nitrogen and oxygen atoms in total. The first-order valence-electron chi connectivity index (χ1n) is 12.0. The van der Waals surface area contributed by atoms with Crippen molar-refractivity contribution in [1.29, 1.82) is 0 Å². The monoisotopic (exact) mass is 506 g/mol. The molecule has 3 aromatic heterocycles. The molecule has 1 aliphatic heterocycles. The van der Waals surface area contributed by atoms with Crippen LogP contribution in [0.15, 0.2) is 42.7 Å². The van der Waals surface area contributed by atoms with Crippen LogP contribution in [0, 0.1) is 12.7 Å². The second kappa shape index (κ2) is 10.9. The number of carbonyl (C=O) groups excluding carboxylic acids is 1. The van der Waals surface area contributed by atoms with E-state index in [2.05, 4.69) is 30.8 Å². The Morgan fingerprint density at radius 1 is 1.30 bits per heavy atom. The SMILES string of the molecule is Cc1cc(F)c(NC(=O)NCC[C@@H]2CCO2)cc1-c1cc(OCCO)nc(-c2ccnc3[nH]ncc23)c1. The summed E-state index contributed by atoms with van der Waals surface area (Å²) >= 11 is 0. The number of aliphatic hydroxyl groups is 1. The van der Waals surface area contributed by atoms with Gasteiger partial charge in [-0.3, -0.25) is 5.10 Å². The summed E-state index contributed by atoms with van der Waals surface area (Å²) in [6.07, 6.45) is 5.20. The van der Waals surface area contributed by atoms with Crippen LogP contribution >= 0.6 is 0 Å². The van der Waals surface area contributed by atoms with Gasteiger partial charge in [0, 0.05) is 36.4 Å². The van der Waals surface area contributed by atoms with E-state index in [0.29, 0.717) is 46.9 Å². The Bertz CT molecular complexity index is 1420. The molecule has 1 saturated heterocycles. The summed E-state index contributed by atoms with van der Waals surface area (Å²) in [4.78, 5) is 21.3. The summed E-state index contributed by atoms with van der Waals surface area (Å²) in [5.74, 6) is -0.247. The Morgan fingerprint density at radius 3 is 2.95 bits per heavy atom. The highest BCUT2D eigenvalue weighted by molar-refractivity contribution is 5.93. The first-order chi connectivity index (χ1) is 18.0. The summed E-state index contributed by atoms with van der Waals surface area (Å²) in [6.45, 7) is 2.87. The molecule has 4 N–H and O–H groups in total. The van der Waals surface area contributed by atoms with Crippen molar-refractivity contribution >= 4 is 22.8 Å². The number of aliphatic hydroxyl groups excluding tert-OH is 1. The van der Waals surface area contributed by atoms with Gasteiger partial charge in [-0.15, -0.1) is 0 Å². The maximum atomic E-state index is 14.8. The largest absolute Gasteiger partial charge is 0.475 e. The molecule has 0 aliphatic carbocycles. The molecule has 4 aromatic rings. The van der Waals surface area contributed by atoms with Gasteiger partial charge in [-0.25, -0.2) is 19.2 Å². The van der Waals surface area contributed by atoms with Crippen molar-refractivity contribution in [2.24, 2.45) is 0 Å². The predicted octanol–water partition coefficient (Wildman–Crippen LogP) is 3.81. The number of hydrogen-bond donors (Lipinski definition) is 4. The molecule has 1 aromatic carbocycles. The van der Waals surface area contributed by atoms with Crippen molar-refractivity contribution in [3.05, 3.63) is 54.1 Å². The Hall–Kier alpha value is -4.09. The quantitative estimate of drug-likeness (QED) is 0.271. The van der Waals surface area contributed by atoms with Crippen molar-refractivity contribution in [2.75, 3.05) is 31.7 Å². The molecule has 11 heteroatoms. The molecule has 5 rings (SSSR count). The number of halogens is 1. The van der Waals surface area contributed by atoms with E-state index in [9.17, 15) is 14.3 Å². The zero-order valence-electron chi connectivity index (χ0n) is 20.3. The average Bonchev–Trinajstić information content (AvgIpc) is 3.35. The van der Waals surface area contributed by atoms with Crippen molar-refractivity contribution < 1.29 is 23.8 Å². The van der Waals surface area contributed by atoms with Crippen LogP contribution in [-0.2, 0) is 4.74 Å². The Morgan fingerprint density at radius 2 is 2.16 bits per heavy atom. The second-order valence-corrected chi connectivity index (χ2v) is 8.74. The third-order valence-electron chi connectivity index (χ3n) is 6.19. The fraction of sp³-hybridized carbons (Fsp3) is 0.308. The van der Waals surface area contributed by atoms with E-state index in [1.165, 1.54) is 6.07 Å². The van der Waals surface area contributed by atoms with E-state index in [4.69, 9.17) is 9.47 Å². The Labute approximate surface area is 212 Å². The first kappa shape index (κ1) is 24.6. The van der Waals surface area contributed by atoms with Gasteiger partial charge in [-0.1, -0.05) is 0 Å². The van der Waals surface area contributed by atoms with Gasteiger partial charge in [0.05, 0.1) is 30.3 Å². The molecule has 4 heterocycles. The van der Waals surface area contributed by atoms with E-state index in [1.807, 2.05) is 12.1 Å². The highest BCUT2D eigenvalue weighted by Crippen LogP contribution is 2.35. The number of pyridine rings is 2. The standard InChI is InChI=1S/C26H27FN6O4/c1-15-10-21(27)23(32-26(35)29-5-2-17-4-8-36-17)13-19(15)16-11-22(31-24(12-16)37-9-7-34)18-3-6-28-25-20(18)14-30-33-25/h3,6,10-14,17,34H,2,4-5,7-9H2,1H3,(H,28,30,33)(H2,29,32,35)/t17-/m1/s1. The zero-order valence-corrected chi connectivity index (χ0v) is 20.3.